The zero-order valence-electron chi connectivity index (χ0n) is 20.9. The van der Waals surface area contributed by atoms with E-state index in [0.29, 0.717) is 12.0 Å². The van der Waals surface area contributed by atoms with E-state index in [1.165, 1.54) is 24.3 Å². The number of carboxylic acid groups (broad SMARTS) is 1. The van der Waals surface area contributed by atoms with Crippen molar-refractivity contribution in [3.8, 4) is 5.75 Å². The van der Waals surface area contributed by atoms with Crippen LogP contribution in [0.2, 0.25) is 0 Å². The number of hydrogen-bond donors (Lipinski definition) is 9. The molecule has 4 unspecified atom stereocenters. The fourth-order valence-corrected chi connectivity index (χ4v) is 3.15. The number of carbonyl (C=O) groups excluding carboxylic acids is 3. The van der Waals surface area contributed by atoms with Crippen LogP contribution in [-0.2, 0) is 25.6 Å². The summed E-state index contributed by atoms with van der Waals surface area (Å²) in [4.78, 5) is 53.8. The molecule has 0 heterocycles. The Morgan fingerprint density at radius 2 is 1.46 bits per heavy atom. The van der Waals surface area contributed by atoms with Crippen LogP contribution >= 0.6 is 0 Å². The summed E-state index contributed by atoms with van der Waals surface area (Å²) < 4.78 is 0. The molecule has 206 valence electrons. The number of amides is 3. The molecule has 14 nitrogen and oxygen atoms in total. The maximum atomic E-state index is 13.2. The number of aromatic hydroxyl groups is 1. The number of rotatable bonds is 15. The highest BCUT2D eigenvalue weighted by Gasteiger charge is 2.30. The van der Waals surface area contributed by atoms with Gasteiger partial charge < -0.3 is 48.5 Å². The van der Waals surface area contributed by atoms with E-state index in [1.54, 1.807) is 13.8 Å². The largest absolute Gasteiger partial charge is 0.508 e. The minimum atomic E-state index is -1.59. The van der Waals surface area contributed by atoms with Gasteiger partial charge in [-0.15, -0.1) is 0 Å². The molecular weight excluding hydrogens is 486 g/mol. The van der Waals surface area contributed by atoms with E-state index in [1.807, 2.05) is 0 Å². The molecule has 0 aromatic heterocycles. The third kappa shape index (κ3) is 11.1. The van der Waals surface area contributed by atoms with Crippen molar-refractivity contribution in [3.05, 3.63) is 29.8 Å². The van der Waals surface area contributed by atoms with Crippen LogP contribution in [0.5, 0.6) is 5.75 Å². The smallest absolute Gasteiger partial charge is 0.328 e. The molecule has 14 heteroatoms. The molecule has 3 amide bonds. The summed E-state index contributed by atoms with van der Waals surface area (Å²) >= 11 is 0. The number of phenolic OH excluding ortho intramolecular Hbond substituents is 1. The zero-order valence-corrected chi connectivity index (χ0v) is 20.9. The Morgan fingerprint density at radius 3 is 1.97 bits per heavy atom. The van der Waals surface area contributed by atoms with Gasteiger partial charge in [-0.25, -0.2) is 4.79 Å². The number of carbonyl (C=O) groups is 4. The van der Waals surface area contributed by atoms with Crippen LogP contribution in [0, 0.1) is 5.92 Å². The van der Waals surface area contributed by atoms with E-state index in [9.17, 15) is 34.5 Å². The number of aliphatic hydroxyl groups excluding tert-OH is 1. The molecule has 1 rings (SSSR count). The van der Waals surface area contributed by atoms with Crippen LogP contribution in [-0.4, -0.2) is 82.3 Å². The first-order valence-corrected chi connectivity index (χ1v) is 11.7. The second-order valence-electron chi connectivity index (χ2n) is 8.79. The number of aliphatic carboxylic acids is 1. The Balaban J connectivity index is 3.15. The van der Waals surface area contributed by atoms with Crippen LogP contribution in [0.15, 0.2) is 29.3 Å². The first kappa shape index (κ1) is 31.1. The number of guanidine groups is 1. The highest BCUT2D eigenvalue weighted by atomic mass is 16.4. The van der Waals surface area contributed by atoms with Crippen molar-refractivity contribution in [1.82, 2.24) is 16.0 Å². The summed E-state index contributed by atoms with van der Waals surface area (Å²) in [6, 6.07) is 0.976. The quantitative estimate of drug-likeness (QED) is 0.0663. The molecule has 1 aromatic rings. The van der Waals surface area contributed by atoms with Gasteiger partial charge in [0, 0.05) is 13.0 Å². The third-order valence-corrected chi connectivity index (χ3v) is 5.41. The van der Waals surface area contributed by atoms with Crippen LogP contribution in [0.25, 0.3) is 0 Å². The van der Waals surface area contributed by atoms with E-state index in [4.69, 9.17) is 17.2 Å². The summed E-state index contributed by atoms with van der Waals surface area (Å²) in [6.45, 7) is 2.82. The summed E-state index contributed by atoms with van der Waals surface area (Å²) in [5.74, 6) is -3.96. The van der Waals surface area contributed by atoms with Crippen molar-refractivity contribution >= 4 is 29.7 Å². The van der Waals surface area contributed by atoms with Gasteiger partial charge in [0.05, 0.1) is 12.6 Å². The van der Waals surface area contributed by atoms with Crippen LogP contribution in [0.1, 0.15) is 32.3 Å². The molecule has 12 N–H and O–H groups in total. The Hall–Kier alpha value is -3.91. The molecule has 0 saturated carbocycles. The first-order valence-electron chi connectivity index (χ1n) is 11.7. The lowest BCUT2D eigenvalue weighted by Crippen LogP contribution is -2.58. The lowest BCUT2D eigenvalue weighted by molar-refractivity contribution is -0.143. The molecule has 0 bridgehead atoms. The second kappa shape index (κ2) is 15.3. The SMILES string of the molecule is CC(C)C(N)C(=O)NC(CCCN=C(N)N)C(=O)NC(Cc1ccc(O)cc1)C(=O)NC(CO)C(=O)O. The molecule has 0 saturated heterocycles. The van der Waals surface area contributed by atoms with Gasteiger partial charge in [-0.3, -0.25) is 19.4 Å². The summed E-state index contributed by atoms with van der Waals surface area (Å²) in [5, 5.41) is 35.3. The lowest BCUT2D eigenvalue weighted by atomic mass is 10.0. The molecule has 37 heavy (non-hydrogen) atoms. The van der Waals surface area contributed by atoms with Crippen LogP contribution < -0.4 is 33.2 Å². The zero-order chi connectivity index (χ0) is 28.1. The van der Waals surface area contributed by atoms with Gasteiger partial charge in [-0.05, 0) is 36.5 Å². The Morgan fingerprint density at radius 1 is 0.919 bits per heavy atom. The van der Waals surface area contributed by atoms with E-state index in [0.717, 1.165) is 0 Å². The van der Waals surface area contributed by atoms with E-state index in [2.05, 4.69) is 20.9 Å². The average molecular weight is 524 g/mol. The van der Waals surface area contributed by atoms with Gasteiger partial charge in [0.25, 0.3) is 0 Å². The number of nitrogens with two attached hydrogens (primary N) is 3. The maximum Gasteiger partial charge on any atom is 0.328 e. The van der Waals surface area contributed by atoms with Crippen molar-refractivity contribution in [2.24, 2.45) is 28.1 Å². The molecule has 4 atom stereocenters. The highest BCUT2D eigenvalue weighted by Crippen LogP contribution is 2.12. The monoisotopic (exact) mass is 523 g/mol. The van der Waals surface area contributed by atoms with Gasteiger partial charge in [0.2, 0.25) is 17.7 Å². The van der Waals surface area contributed by atoms with Crippen molar-refractivity contribution in [3.63, 3.8) is 0 Å². The molecule has 0 radical (unpaired) electrons. The predicted molar refractivity (Wildman–Crippen MR) is 135 cm³/mol. The summed E-state index contributed by atoms with van der Waals surface area (Å²) in [5.41, 5.74) is 17.1. The van der Waals surface area contributed by atoms with Crippen molar-refractivity contribution in [2.75, 3.05) is 13.2 Å². The molecule has 1 aromatic carbocycles. The topological polar surface area (TPSA) is 255 Å². The van der Waals surface area contributed by atoms with Gasteiger partial charge in [-0.1, -0.05) is 26.0 Å². The van der Waals surface area contributed by atoms with Gasteiger partial charge in [-0.2, -0.15) is 0 Å². The van der Waals surface area contributed by atoms with Crippen LogP contribution in [0.3, 0.4) is 0 Å². The summed E-state index contributed by atoms with van der Waals surface area (Å²) in [6.07, 6.45) is 0.352. The highest BCUT2D eigenvalue weighted by molar-refractivity contribution is 5.94. The normalized spacial score (nSPS) is 14.1. The van der Waals surface area contributed by atoms with Crippen molar-refractivity contribution in [1.29, 1.82) is 0 Å². The summed E-state index contributed by atoms with van der Waals surface area (Å²) in [7, 11) is 0. The molecular formula is C23H37N7O7. The molecule has 0 aliphatic rings. The predicted octanol–water partition coefficient (Wildman–Crippen LogP) is -2.50. The number of nitrogens with one attached hydrogen (secondary N) is 3. The fourth-order valence-electron chi connectivity index (χ4n) is 3.15. The third-order valence-electron chi connectivity index (χ3n) is 5.41. The Kier molecular flexibility index (Phi) is 12.8. The minimum Gasteiger partial charge on any atom is -0.508 e. The van der Waals surface area contributed by atoms with Crippen LogP contribution in [0.4, 0.5) is 0 Å². The van der Waals surface area contributed by atoms with E-state index < -0.39 is 54.5 Å². The van der Waals surface area contributed by atoms with Crippen molar-refractivity contribution in [2.45, 2.75) is 57.3 Å². The van der Waals surface area contributed by atoms with Crippen molar-refractivity contribution < 1.29 is 34.5 Å². The second-order valence-corrected chi connectivity index (χ2v) is 8.79. The molecule has 0 fully saturated rings. The number of phenols is 1. The molecule has 0 spiro atoms. The standard InChI is InChI=1S/C23H37N7O7/c1-12(2)18(24)21(35)28-15(4-3-9-27-23(25)26)19(33)29-16(10-13-5-7-14(32)8-6-13)20(34)30-17(11-31)22(36)37/h5-8,12,15-18,31-32H,3-4,9-11,24H2,1-2H3,(H,28,35)(H,29,33)(H,30,34)(H,36,37)(H4,25,26,27). The average Bonchev–Trinajstić information content (AvgIpc) is 2.83. The van der Waals surface area contributed by atoms with Gasteiger partial charge in [0.15, 0.2) is 5.96 Å². The minimum absolute atomic E-state index is 0.00921. The lowest BCUT2D eigenvalue weighted by Gasteiger charge is -2.25. The molecule has 0 aliphatic carbocycles. The van der Waals surface area contributed by atoms with E-state index in [-0.39, 0.29) is 37.0 Å². The Bertz CT molecular complexity index is 949. The van der Waals surface area contributed by atoms with Gasteiger partial charge >= 0.3 is 5.97 Å². The number of hydrogen-bond acceptors (Lipinski definition) is 8. The van der Waals surface area contributed by atoms with E-state index >= 15 is 0 Å². The Labute approximate surface area is 214 Å². The maximum absolute atomic E-state index is 13.2. The number of aliphatic hydroxyl groups is 1. The molecule has 0 aliphatic heterocycles. The number of carboxylic acids is 1. The number of benzene rings is 1. The van der Waals surface area contributed by atoms with Gasteiger partial charge in [0.1, 0.15) is 23.9 Å². The first-order chi connectivity index (χ1) is 17.3. The number of aliphatic imine (C=N–C) groups is 1. The fraction of sp³-hybridized carbons (Fsp3) is 0.522. The number of nitrogens with zero attached hydrogens (tertiary/aromatic N) is 1.